The van der Waals surface area contributed by atoms with Gasteiger partial charge in [-0.1, -0.05) is 0 Å². The summed E-state index contributed by atoms with van der Waals surface area (Å²) < 4.78 is 53.3. The van der Waals surface area contributed by atoms with Crippen molar-refractivity contribution < 1.29 is 16.8 Å². The lowest BCUT2D eigenvalue weighted by Crippen LogP contribution is -2.42. The van der Waals surface area contributed by atoms with Crippen LogP contribution >= 0.6 is 12.4 Å². The molecule has 0 aromatic heterocycles. The minimum absolute atomic E-state index is 0. The molecule has 0 radical (unpaired) electrons. The molecule has 10 heteroatoms. The zero-order valence-electron chi connectivity index (χ0n) is 13.1. The summed E-state index contributed by atoms with van der Waals surface area (Å²) in [5, 5.41) is 0. The van der Waals surface area contributed by atoms with E-state index in [1.165, 1.54) is 28.6 Å². The molecule has 7 nitrogen and oxygen atoms in total. The zero-order chi connectivity index (χ0) is 16.7. The van der Waals surface area contributed by atoms with Gasteiger partial charge in [0.1, 0.15) is 0 Å². The monoisotopic (exact) mass is 395 g/mol. The third kappa shape index (κ3) is 4.27. The number of halogens is 1. The predicted molar refractivity (Wildman–Crippen MR) is 93.0 cm³/mol. The Kier molecular flexibility index (Phi) is 5.94. The van der Waals surface area contributed by atoms with Crippen molar-refractivity contribution in [1.29, 1.82) is 0 Å². The van der Waals surface area contributed by atoms with E-state index in [2.05, 4.69) is 4.72 Å². The average Bonchev–Trinajstić information content (AvgIpc) is 3.31. The van der Waals surface area contributed by atoms with Crippen LogP contribution in [0, 0.1) is 0 Å². The lowest BCUT2D eigenvalue weighted by atomic mass is 10.1. The Hall–Kier alpha value is -0.710. The minimum atomic E-state index is -3.60. The fourth-order valence-corrected chi connectivity index (χ4v) is 5.32. The molecular weight excluding hydrogens is 374 g/mol. The van der Waals surface area contributed by atoms with Gasteiger partial charge < -0.3 is 5.73 Å². The van der Waals surface area contributed by atoms with Crippen LogP contribution in [-0.2, 0) is 20.0 Å². The van der Waals surface area contributed by atoms with E-state index < -0.39 is 20.0 Å². The lowest BCUT2D eigenvalue weighted by molar-refractivity contribution is 0.320. The van der Waals surface area contributed by atoms with Gasteiger partial charge in [-0.05, 0) is 49.9 Å². The Morgan fingerprint density at radius 2 is 1.42 bits per heavy atom. The number of nitrogens with one attached hydrogen (secondary N) is 1. The summed E-state index contributed by atoms with van der Waals surface area (Å²) in [7, 11) is -7.16. The smallest absolute Gasteiger partial charge is 0.243 e. The quantitative estimate of drug-likeness (QED) is 0.761. The Labute approximate surface area is 149 Å². The molecule has 136 valence electrons. The number of hydrogen-bond donors (Lipinski definition) is 2. The van der Waals surface area contributed by atoms with Crippen molar-refractivity contribution in [3.63, 3.8) is 0 Å². The number of hydrogen-bond acceptors (Lipinski definition) is 5. The van der Waals surface area contributed by atoms with E-state index in [-0.39, 0.29) is 34.3 Å². The molecule has 3 rings (SSSR count). The molecule has 24 heavy (non-hydrogen) atoms. The first-order chi connectivity index (χ1) is 10.8. The number of piperidine rings is 1. The fraction of sp³-hybridized carbons (Fsp3) is 0.571. The molecule has 0 bridgehead atoms. The van der Waals surface area contributed by atoms with Crippen molar-refractivity contribution >= 4 is 32.5 Å². The normalized spacial score (nSPS) is 20.5. The SMILES string of the molecule is Cl.NC1CCN(S(=O)(=O)c2ccc(S(=O)(=O)NC3CC3)cc2)CC1. The Morgan fingerprint density at radius 3 is 1.92 bits per heavy atom. The molecule has 1 aromatic rings. The molecule has 2 fully saturated rings. The first-order valence-corrected chi connectivity index (χ1v) is 10.6. The fourth-order valence-electron chi connectivity index (χ4n) is 2.54. The van der Waals surface area contributed by atoms with E-state index in [0.29, 0.717) is 25.9 Å². The number of nitrogens with two attached hydrogens (primary N) is 1. The summed E-state index contributed by atoms with van der Waals surface area (Å²) in [5.41, 5.74) is 5.80. The van der Waals surface area contributed by atoms with Crippen LogP contribution in [-0.4, -0.2) is 46.3 Å². The molecule has 0 amide bonds. The van der Waals surface area contributed by atoms with Crippen molar-refractivity contribution in [2.24, 2.45) is 5.73 Å². The van der Waals surface area contributed by atoms with Gasteiger partial charge in [-0.25, -0.2) is 21.6 Å². The zero-order valence-corrected chi connectivity index (χ0v) is 15.5. The van der Waals surface area contributed by atoms with E-state index >= 15 is 0 Å². The number of nitrogens with zero attached hydrogens (tertiary/aromatic N) is 1. The molecule has 3 N–H and O–H groups in total. The molecular formula is C14H22ClN3O4S2. The molecule has 0 unspecified atom stereocenters. The standard InChI is InChI=1S/C14H21N3O4S2.ClH/c15-11-7-9-17(10-8-11)23(20,21)14-5-3-13(4-6-14)22(18,19)16-12-1-2-12;/h3-6,11-12,16H,1-2,7-10,15H2;1H. The first-order valence-electron chi connectivity index (χ1n) is 7.67. The van der Waals surface area contributed by atoms with Crippen LogP contribution in [0.3, 0.4) is 0 Å². The molecule has 1 saturated carbocycles. The Morgan fingerprint density at radius 1 is 0.917 bits per heavy atom. The van der Waals surface area contributed by atoms with E-state index in [4.69, 9.17) is 5.73 Å². The summed E-state index contributed by atoms with van der Waals surface area (Å²) >= 11 is 0. The van der Waals surface area contributed by atoms with Crippen LogP contribution in [0.25, 0.3) is 0 Å². The lowest BCUT2D eigenvalue weighted by Gasteiger charge is -2.29. The predicted octanol–water partition coefficient (Wildman–Crippen LogP) is 0.661. The van der Waals surface area contributed by atoms with Crippen molar-refractivity contribution in [2.75, 3.05) is 13.1 Å². The molecule has 1 aliphatic carbocycles. The highest BCUT2D eigenvalue weighted by Crippen LogP contribution is 2.24. The summed E-state index contributed by atoms with van der Waals surface area (Å²) in [5.74, 6) is 0. The third-order valence-electron chi connectivity index (χ3n) is 4.17. The van der Waals surface area contributed by atoms with Gasteiger partial charge in [0.25, 0.3) is 0 Å². The third-order valence-corrected chi connectivity index (χ3v) is 7.62. The molecule has 1 saturated heterocycles. The highest BCUT2D eigenvalue weighted by molar-refractivity contribution is 7.89. The van der Waals surface area contributed by atoms with Gasteiger partial charge >= 0.3 is 0 Å². The number of sulfonamides is 2. The van der Waals surface area contributed by atoms with Gasteiger partial charge in [-0.15, -0.1) is 12.4 Å². The first kappa shape index (κ1) is 19.6. The Bertz CT molecular complexity index is 769. The van der Waals surface area contributed by atoms with Gasteiger partial charge in [0.15, 0.2) is 0 Å². The van der Waals surface area contributed by atoms with Gasteiger partial charge in [-0.3, -0.25) is 0 Å². The van der Waals surface area contributed by atoms with Crippen LogP contribution < -0.4 is 10.5 Å². The van der Waals surface area contributed by atoms with Gasteiger partial charge in [0, 0.05) is 25.2 Å². The topological polar surface area (TPSA) is 110 Å². The molecule has 1 aromatic carbocycles. The van der Waals surface area contributed by atoms with Crippen molar-refractivity contribution in [3.8, 4) is 0 Å². The maximum absolute atomic E-state index is 12.6. The molecule has 1 heterocycles. The number of benzene rings is 1. The second kappa shape index (κ2) is 7.27. The van der Waals surface area contributed by atoms with Crippen molar-refractivity contribution in [2.45, 2.75) is 47.6 Å². The van der Waals surface area contributed by atoms with E-state index in [9.17, 15) is 16.8 Å². The second-order valence-corrected chi connectivity index (χ2v) is 9.76. The van der Waals surface area contributed by atoms with E-state index in [1.807, 2.05) is 0 Å². The van der Waals surface area contributed by atoms with Crippen LogP contribution in [0.5, 0.6) is 0 Å². The van der Waals surface area contributed by atoms with E-state index in [0.717, 1.165) is 12.8 Å². The number of rotatable bonds is 5. The highest BCUT2D eigenvalue weighted by atomic mass is 35.5. The van der Waals surface area contributed by atoms with Crippen LogP contribution in [0.15, 0.2) is 34.1 Å². The molecule has 1 aliphatic heterocycles. The second-order valence-electron chi connectivity index (χ2n) is 6.11. The molecule has 2 aliphatic rings. The summed E-state index contributed by atoms with van der Waals surface area (Å²) in [6.07, 6.45) is 2.97. The van der Waals surface area contributed by atoms with Crippen LogP contribution in [0.1, 0.15) is 25.7 Å². The minimum Gasteiger partial charge on any atom is -0.328 e. The van der Waals surface area contributed by atoms with E-state index in [1.54, 1.807) is 0 Å². The van der Waals surface area contributed by atoms with Gasteiger partial charge in [-0.2, -0.15) is 4.31 Å². The maximum Gasteiger partial charge on any atom is 0.243 e. The Balaban J connectivity index is 0.00000208. The summed E-state index contributed by atoms with van der Waals surface area (Å²) in [6.45, 7) is 0.791. The summed E-state index contributed by atoms with van der Waals surface area (Å²) in [4.78, 5) is 0.197. The van der Waals surface area contributed by atoms with Crippen molar-refractivity contribution in [3.05, 3.63) is 24.3 Å². The maximum atomic E-state index is 12.6. The molecule has 0 spiro atoms. The van der Waals surface area contributed by atoms with Gasteiger partial charge in [0.2, 0.25) is 20.0 Å². The van der Waals surface area contributed by atoms with Crippen LogP contribution in [0.4, 0.5) is 0 Å². The average molecular weight is 396 g/mol. The largest absolute Gasteiger partial charge is 0.328 e. The molecule has 0 atom stereocenters. The highest BCUT2D eigenvalue weighted by Gasteiger charge is 2.30. The van der Waals surface area contributed by atoms with Crippen LogP contribution in [0.2, 0.25) is 0 Å². The van der Waals surface area contributed by atoms with Crippen molar-refractivity contribution in [1.82, 2.24) is 9.03 Å². The summed E-state index contributed by atoms with van der Waals surface area (Å²) in [6, 6.07) is 5.44. The van der Waals surface area contributed by atoms with Gasteiger partial charge in [0.05, 0.1) is 9.79 Å².